The maximum Gasteiger partial charge on any atom is 0.335 e. The van der Waals surface area contributed by atoms with Gasteiger partial charge in [0.2, 0.25) is 0 Å². The summed E-state index contributed by atoms with van der Waals surface area (Å²) in [6.07, 6.45) is 1.65. The molecular formula is C13H13NO4. The highest BCUT2D eigenvalue weighted by atomic mass is 16.4. The Morgan fingerprint density at radius 2 is 2.06 bits per heavy atom. The van der Waals surface area contributed by atoms with Gasteiger partial charge in [-0.2, -0.15) is 0 Å². The lowest BCUT2D eigenvalue weighted by molar-refractivity contribution is 0.0696. The minimum absolute atomic E-state index is 0.0399. The van der Waals surface area contributed by atoms with Crippen molar-refractivity contribution in [2.75, 3.05) is 6.61 Å². The van der Waals surface area contributed by atoms with E-state index >= 15 is 0 Å². The summed E-state index contributed by atoms with van der Waals surface area (Å²) in [5, 5.41) is 18.5. The molecule has 5 heteroatoms. The molecule has 0 spiro atoms. The number of aromatic carboxylic acids is 1. The molecule has 0 radical (unpaired) electrons. The number of aliphatic hydroxyl groups excluding tert-OH is 1. The molecule has 5 nitrogen and oxygen atoms in total. The molecule has 0 amide bonds. The number of benzene rings is 1. The van der Waals surface area contributed by atoms with Crippen molar-refractivity contribution < 1.29 is 19.8 Å². The molecule has 0 aliphatic heterocycles. The van der Waals surface area contributed by atoms with Gasteiger partial charge < -0.3 is 14.8 Å². The first kappa shape index (κ1) is 12.3. The normalized spacial score (nSPS) is 10.8. The second kappa shape index (κ2) is 4.62. The van der Waals surface area contributed by atoms with Crippen molar-refractivity contribution in [3.8, 4) is 0 Å². The molecule has 94 valence electrons. The van der Waals surface area contributed by atoms with Gasteiger partial charge in [-0.1, -0.05) is 0 Å². The van der Waals surface area contributed by atoms with E-state index < -0.39 is 5.97 Å². The average molecular weight is 247 g/mol. The van der Waals surface area contributed by atoms with E-state index in [9.17, 15) is 9.59 Å². The van der Waals surface area contributed by atoms with Crippen LogP contribution >= 0.6 is 0 Å². The second-order valence-corrected chi connectivity index (χ2v) is 4.05. The third kappa shape index (κ3) is 2.00. The van der Waals surface area contributed by atoms with Crippen molar-refractivity contribution in [1.29, 1.82) is 0 Å². The summed E-state index contributed by atoms with van der Waals surface area (Å²) < 4.78 is 1.75. The van der Waals surface area contributed by atoms with E-state index in [4.69, 9.17) is 10.2 Å². The molecule has 0 saturated heterocycles. The molecule has 0 atom stereocenters. The molecular weight excluding hydrogens is 234 g/mol. The van der Waals surface area contributed by atoms with Gasteiger partial charge in [-0.25, -0.2) is 4.79 Å². The van der Waals surface area contributed by atoms with Crippen LogP contribution in [0, 0.1) is 0 Å². The van der Waals surface area contributed by atoms with Gasteiger partial charge in [0.15, 0.2) is 5.78 Å². The van der Waals surface area contributed by atoms with Crippen LogP contribution in [0.15, 0.2) is 24.4 Å². The number of ketones is 1. The first-order chi connectivity index (χ1) is 8.54. The molecule has 2 N–H and O–H groups in total. The highest BCUT2D eigenvalue weighted by Gasteiger charge is 2.14. The van der Waals surface area contributed by atoms with Crippen LogP contribution < -0.4 is 0 Å². The molecule has 0 aliphatic carbocycles. The molecule has 0 aliphatic rings. The zero-order chi connectivity index (χ0) is 13.3. The number of hydrogen-bond acceptors (Lipinski definition) is 3. The Kier molecular flexibility index (Phi) is 3.16. The summed E-state index contributed by atoms with van der Waals surface area (Å²) in [6, 6.07) is 4.63. The van der Waals surface area contributed by atoms with Gasteiger partial charge >= 0.3 is 5.97 Å². The Bertz CT molecular complexity index is 627. The van der Waals surface area contributed by atoms with Crippen LogP contribution in [0.3, 0.4) is 0 Å². The zero-order valence-electron chi connectivity index (χ0n) is 9.88. The van der Waals surface area contributed by atoms with E-state index in [2.05, 4.69) is 0 Å². The molecule has 1 aromatic carbocycles. The van der Waals surface area contributed by atoms with Crippen LogP contribution in [-0.2, 0) is 6.54 Å². The SMILES string of the molecule is CC(=O)c1cn(CCO)c2ccc(C(=O)O)cc12. The lowest BCUT2D eigenvalue weighted by Crippen LogP contribution is -2.00. The van der Waals surface area contributed by atoms with Gasteiger partial charge in [-0.3, -0.25) is 4.79 Å². The quantitative estimate of drug-likeness (QED) is 0.803. The zero-order valence-corrected chi connectivity index (χ0v) is 9.88. The minimum atomic E-state index is -1.03. The van der Waals surface area contributed by atoms with Crippen molar-refractivity contribution >= 4 is 22.7 Å². The molecule has 1 aromatic heterocycles. The summed E-state index contributed by atoms with van der Waals surface area (Å²) >= 11 is 0. The molecule has 2 aromatic rings. The van der Waals surface area contributed by atoms with Crippen LogP contribution in [0.1, 0.15) is 27.6 Å². The smallest absolute Gasteiger partial charge is 0.335 e. The fraction of sp³-hybridized carbons (Fsp3) is 0.231. The number of rotatable bonds is 4. The summed E-state index contributed by atoms with van der Waals surface area (Å²) in [7, 11) is 0. The number of nitrogens with zero attached hydrogens (tertiary/aromatic N) is 1. The number of fused-ring (bicyclic) bond motifs is 1. The molecule has 18 heavy (non-hydrogen) atoms. The van der Waals surface area contributed by atoms with Gasteiger partial charge in [0.1, 0.15) is 0 Å². The number of carboxylic acids is 1. The number of Topliss-reactive ketones (excluding diaryl/α,β-unsaturated/α-hetero) is 1. The molecule has 0 fully saturated rings. The largest absolute Gasteiger partial charge is 0.478 e. The summed E-state index contributed by atoms with van der Waals surface area (Å²) in [4.78, 5) is 22.5. The number of aliphatic hydroxyl groups is 1. The molecule has 0 bridgehead atoms. The Hall–Kier alpha value is -2.14. The Balaban J connectivity index is 2.71. The number of carboxylic acid groups (broad SMARTS) is 1. The average Bonchev–Trinajstić information content (AvgIpc) is 2.68. The predicted octanol–water partition coefficient (Wildman–Crippen LogP) is 1.53. The minimum Gasteiger partial charge on any atom is -0.478 e. The Morgan fingerprint density at radius 1 is 1.33 bits per heavy atom. The molecule has 0 unspecified atom stereocenters. The van der Waals surface area contributed by atoms with E-state index in [-0.39, 0.29) is 18.0 Å². The van der Waals surface area contributed by atoms with Gasteiger partial charge in [-0.15, -0.1) is 0 Å². The van der Waals surface area contributed by atoms with Crippen molar-refractivity contribution in [2.24, 2.45) is 0 Å². The summed E-state index contributed by atoms with van der Waals surface area (Å²) in [5.41, 5.74) is 1.37. The number of carbonyl (C=O) groups is 2. The van der Waals surface area contributed by atoms with E-state index in [0.29, 0.717) is 17.5 Å². The third-order valence-electron chi connectivity index (χ3n) is 2.85. The van der Waals surface area contributed by atoms with E-state index in [1.165, 1.54) is 19.1 Å². The fourth-order valence-corrected chi connectivity index (χ4v) is 2.00. The van der Waals surface area contributed by atoms with Gasteiger partial charge in [0.05, 0.1) is 12.2 Å². The lowest BCUT2D eigenvalue weighted by Gasteiger charge is -2.02. The standard InChI is InChI=1S/C13H13NO4/c1-8(16)11-7-14(4-5-15)12-3-2-9(13(17)18)6-10(11)12/h2-3,6-7,15H,4-5H2,1H3,(H,17,18). The summed E-state index contributed by atoms with van der Waals surface area (Å²) in [5.74, 6) is -1.15. The highest BCUT2D eigenvalue weighted by molar-refractivity contribution is 6.08. The van der Waals surface area contributed by atoms with Crippen LogP contribution in [0.4, 0.5) is 0 Å². The lowest BCUT2D eigenvalue weighted by atomic mass is 10.1. The number of aromatic nitrogens is 1. The second-order valence-electron chi connectivity index (χ2n) is 4.05. The fourth-order valence-electron chi connectivity index (χ4n) is 2.00. The Labute approximate surface area is 103 Å². The maximum absolute atomic E-state index is 11.5. The van der Waals surface area contributed by atoms with E-state index in [1.807, 2.05) is 0 Å². The van der Waals surface area contributed by atoms with Crippen molar-refractivity contribution in [3.63, 3.8) is 0 Å². The predicted molar refractivity (Wildman–Crippen MR) is 66.0 cm³/mol. The first-order valence-corrected chi connectivity index (χ1v) is 5.52. The van der Waals surface area contributed by atoms with Crippen molar-refractivity contribution in [3.05, 3.63) is 35.5 Å². The van der Waals surface area contributed by atoms with Crippen LogP contribution in [0.25, 0.3) is 10.9 Å². The van der Waals surface area contributed by atoms with Gasteiger partial charge in [0, 0.05) is 29.2 Å². The van der Waals surface area contributed by atoms with Crippen LogP contribution in [0.5, 0.6) is 0 Å². The molecule has 0 saturated carbocycles. The molecule has 1 heterocycles. The number of carbonyl (C=O) groups excluding carboxylic acids is 1. The van der Waals surface area contributed by atoms with E-state index in [1.54, 1.807) is 16.8 Å². The van der Waals surface area contributed by atoms with Gasteiger partial charge in [-0.05, 0) is 25.1 Å². The summed E-state index contributed by atoms with van der Waals surface area (Å²) in [6.45, 7) is 1.77. The maximum atomic E-state index is 11.5. The third-order valence-corrected chi connectivity index (χ3v) is 2.85. The van der Waals surface area contributed by atoms with Crippen molar-refractivity contribution in [2.45, 2.75) is 13.5 Å². The Morgan fingerprint density at radius 3 is 2.61 bits per heavy atom. The van der Waals surface area contributed by atoms with Crippen LogP contribution in [0.2, 0.25) is 0 Å². The van der Waals surface area contributed by atoms with Crippen molar-refractivity contribution in [1.82, 2.24) is 4.57 Å². The highest BCUT2D eigenvalue weighted by Crippen LogP contribution is 2.23. The van der Waals surface area contributed by atoms with E-state index in [0.717, 1.165) is 5.52 Å². The van der Waals surface area contributed by atoms with Crippen LogP contribution in [-0.4, -0.2) is 33.1 Å². The molecule has 2 rings (SSSR count). The topological polar surface area (TPSA) is 79.5 Å². The number of hydrogen-bond donors (Lipinski definition) is 2. The first-order valence-electron chi connectivity index (χ1n) is 5.52. The monoisotopic (exact) mass is 247 g/mol. The van der Waals surface area contributed by atoms with Gasteiger partial charge in [0.25, 0.3) is 0 Å².